The maximum Gasteiger partial charge on any atom is 0.338 e. The van der Waals surface area contributed by atoms with E-state index in [0.717, 1.165) is 17.7 Å². The lowest BCUT2D eigenvalue weighted by Crippen LogP contribution is -2.48. The normalized spacial score (nSPS) is 20.6. The van der Waals surface area contributed by atoms with Gasteiger partial charge in [-0.05, 0) is 56.2 Å². The van der Waals surface area contributed by atoms with E-state index < -0.39 is 29.7 Å². The summed E-state index contributed by atoms with van der Waals surface area (Å²) in [5, 5.41) is 0. The number of hydrogen-bond donors (Lipinski definition) is 0. The average molecular weight is 440 g/mol. The summed E-state index contributed by atoms with van der Waals surface area (Å²) >= 11 is 0. The van der Waals surface area contributed by atoms with Crippen molar-refractivity contribution >= 4 is 29.4 Å². The van der Waals surface area contributed by atoms with Crippen molar-refractivity contribution < 1.29 is 33.1 Å². The quantitative estimate of drug-likeness (QED) is 0.481. The Morgan fingerprint density at radius 3 is 2.59 bits per heavy atom. The number of benzene rings is 1. The van der Waals surface area contributed by atoms with Crippen LogP contribution in [0.15, 0.2) is 47.1 Å². The number of furan rings is 1. The van der Waals surface area contributed by atoms with Crippen LogP contribution in [0.2, 0.25) is 0 Å². The van der Waals surface area contributed by atoms with Crippen LogP contribution in [0.5, 0.6) is 0 Å². The van der Waals surface area contributed by atoms with Crippen LogP contribution < -0.4 is 4.90 Å². The van der Waals surface area contributed by atoms with Crippen LogP contribution in [0.1, 0.15) is 47.1 Å². The number of imide groups is 1. The van der Waals surface area contributed by atoms with Crippen LogP contribution in [0.25, 0.3) is 0 Å². The number of amides is 3. The molecule has 168 valence electrons. The highest BCUT2D eigenvalue weighted by molar-refractivity contribution is 6.23. The largest absolute Gasteiger partial charge is 0.462 e. The number of ether oxygens (including phenoxy) is 2. The van der Waals surface area contributed by atoms with E-state index in [1.165, 1.54) is 41.5 Å². The van der Waals surface area contributed by atoms with Gasteiger partial charge >= 0.3 is 5.97 Å². The summed E-state index contributed by atoms with van der Waals surface area (Å²) in [7, 11) is 0. The third-order valence-electron chi connectivity index (χ3n) is 5.55. The van der Waals surface area contributed by atoms with Crippen molar-refractivity contribution in [1.82, 2.24) is 4.90 Å². The lowest BCUT2D eigenvalue weighted by molar-refractivity contribution is -0.122. The van der Waals surface area contributed by atoms with Crippen LogP contribution in [0.4, 0.5) is 5.69 Å². The second-order valence-corrected chi connectivity index (χ2v) is 7.62. The zero-order chi connectivity index (χ0) is 22.7. The molecule has 2 atom stereocenters. The summed E-state index contributed by atoms with van der Waals surface area (Å²) in [6.45, 7) is 2.75. The number of carbonyl (C=O) groups is 4. The van der Waals surface area contributed by atoms with Crippen molar-refractivity contribution in [2.24, 2.45) is 0 Å². The Morgan fingerprint density at radius 1 is 1.19 bits per heavy atom. The van der Waals surface area contributed by atoms with Crippen LogP contribution >= 0.6 is 0 Å². The Hall–Kier alpha value is -3.46. The first-order valence-electron chi connectivity index (χ1n) is 10.6. The van der Waals surface area contributed by atoms with Gasteiger partial charge in [0.15, 0.2) is 5.76 Å². The summed E-state index contributed by atoms with van der Waals surface area (Å²) < 4.78 is 15.9. The standard InChI is InChI=1S/C23H24N2O7/c1-2-30-23(29)15-7-9-16(10-8-15)25-20(26)13-18(21(25)27)24(14-17-5-3-11-31-17)22(28)19-6-4-12-32-19/h4,6-10,12,17-18H,2-3,5,11,13-14H2,1H3. The smallest absolute Gasteiger partial charge is 0.338 e. The molecule has 2 saturated heterocycles. The molecule has 3 heterocycles. The third-order valence-corrected chi connectivity index (χ3v) is 5.55. The van der Waals surface area contributed by atoms with Gasteiger partial charge in [-0.3, -0.25) is 14.4 Å². The fourth-order valence-electron chi connectivity index (χ4n) is 3.99. The highest BCUT2D eigenvalue weighted by Crippen LogP contribution is 2.28. The highest BCUT2D eigenvalue weighted by Gasteiger charge is 2.45. The molecule has 0 radical (unpaired) electrons. The molecule has 0 bridgehead atoms. The van der Waals surface area contributed by atoms with Gasteiger partial charge in [-0.25, -0.2) is 9.69 Å². The number of anilines is 1. The van der Waals surface area contributed by atoms with Gasteiger partial charge in [-0.2, -0.15) is 0 Å². The monoisotopic (exact) mass is 440 g/mol. The Balaban J connectivity index is 1.57. The molecule has 0 saturated carbocycles. The van der Waals surface area contributed by atoms with Gasteiger partial charge in [0.2, 0.25) is 5.91 Å². The summed E-state index contributed by atoms with van der Waals surface area (Å²) in [6.07, 6.45) is 2.70. The molecule has 2 fully saturated rings. The van der Waals surface area contributed by atoms with Gasteiger partial charge < -0.3 is 18.8 Å². The van der Waals surface area contributed by atoms with E-state index in [2.05, 4.69) is 0 Å². The highest BCUT2D eigenvalue weighted by atomic mass is 16.5. The lowest BCUT2D eigenvalue weighted by Gasteiger charge is -2.29. The predicted octanol–water partition coefficient (Wildman–Crippen LogP) is 2.41. The van der Waals surface area contributed by atoms with Crippen LogP contribution in [-0.4, -0.2) is 60.5 Å². The summed E-state index contributed by atoms with van der Waals surface area (Å²) in [5.74, 6) is -1.77. The number of rotatable bonds is 7. The number of hydrogen-bond acceptors (Lipinski definition) is 7. The summed E-state index contributed by atoms with van der Waals surface area (Å²) in [6, 6.07) is 8.19. The average Bonchev–Trinajstić information content (AvgIpc) is 3.55. The molecule has 4 rings (SSSR count). The zero-order valence-electron chi connectivity index (χ0n) is 17.7. The van der Waals surface area contributed by atoms with E-state index in [1.807, 2.05) is 0 Å². The van der Waals surface area contributed by atoms with Gasteiger partial charge in [0, 0.05) is 13.2 Å². The van der Waals surface area contributed by atoms with E-state index >= 15 is 0 Å². The van der Waals surface area contributed by atoms with Crippen molar-refractivity contribution in [3.8, 4) is 0 Å². The minimum atomic E-state index is -0.964. The van der Waals surface area contributed by atoms with E-state index in [-0.39, 0.29) is 31.4 Å². The molecule has 2 aliphatic heterocycles. The molecule has 32 heavy (non-hydrogen) atoms. The molecule has 2 aliphatic rings. The van der Waals surface area contributed by atoms with Gasteiger partial charge in [-0.15, -0.1) is 0 Å². The molecule has 0 aliphatic carbocycles. The van der Waals surface area contributed by atoms with Crippen LogP contribution in [0.3, 0.4) is 0 Å². The molecule has 1 aromatic heterocycles. The molecule has 2 aromatic rings. The maximum atomic E-state index is 13.3. The van der Waals surface area contributed by atoms with E-state index in [9.17, 15) is 19.2 Å². The number of esters is 1. The predicted molar refractivity (Wildman–Crippen MR) is 112 cm³/mol. The van der Waals surface area contributed by atoms with Crippen LogP contribution in [-0.2, 0) is 19.1 Å². The number of nitrogens with zero attached hydrogens (tertiary/aromatic N) is 2. The Kier molecular flexibility index (Phi) is 6.36. The fourth-order valence-corrected chi connectivity index (χ4v) is 3.99. The number of carbonyl (C=O) groups excluding carboxylic acids is 4. The van der Waals surface area contributed by atoms with Gasteiger partial charge in [0.1, 0.15) is 6.04 Å². The first-order valence-corrected chi connectivity index (χ1v) is 10.6. The van der Waals surface area contributed by atoms with Gasteiger partial charge in [0.05, 0.1) is 36.6 Å². The molecule has 9 heteroatoms. The van der Waals surface area contributed by atoms with Crippen molar-refractivity contribution in [2.75, 3.05) is 24.7 Å². The summed E-state index contributed by atoms with van der Waals surface area (Å²) in [4.78, 5) is 53.5. The van der Waals surface area contributed by atoms with Crippen molar-refractivity contribution in [3.05, 3.63) is 54.0 Å². The minimum absolute atomic E-state index is 0.0977. The van der Waals surface area contributed by atoms with Gasteiger partial charge in [-0.1, -0.05) is 0 Å². The van der Waals surface area contributed by atoms with E-state index in [0.29, 0.717) is 17.9 Å². The van der Waals surface area contributed by atoms with Crippen LogP contribution in [0, 0.1) is 0 Å². The Labute approximate surface area is 184 Å². The van der Waals surface area contributed by atoms with E-state index in [4.69, 9.17) is 13.9 Å². The van der Waals surface area contributed by atoms with Crippen molar-refractivity contribution in [3.63, 3.8) is 0 Å². The third kappa shape index (κ3) is 4.29. The molecule has 3 amide bonds. The summed E-state index contributed by atoms with van der Waals surface area (Å²) in [5.41, 5.74) is 0.650. The van der Waals surface area contributed by atoms with Crippen molar-refractivity contribution in [2.45, 2.75) is 38.3 Å². The molecule has 1 aromatic carbocycles. The first-order chi connectivity index (χ1) is 15.5. The molecule has 0 spiro atoms. The molecular formula is C23H24N2O7. The molecular weight excluding hydrogens is 416 g/mol. The molecule has 0 N–H and O–H groups in total. The minimum Gasteiger partial charge on any atom is -0.462 e. The second kappa shape index (κ2) is 9.35. The molecule has 2 unspecified atom stereocenters. The zero-order valence-corrected chi connectivity index (χ0v) is 17.7. The maximum absolute atomic E-state index is 13.3. The lowest BCUT2D eigenvalue weighted by atomic mass is 10.1. The fraction of sp³-hybridized carbons (Fsp3) is 0.391. The Morgan fingerprint density at radius 2 is 1.97 bits per heavy atom. The van der Waals surface area contributed by atoms with Crippen molar-refractivity contribution in [1.29, 1.82) is 0 Å². The topological polar surface area (TPSA) is 106 Å². The molecule has 9 nitrogen and oxygen atoms in total. The SMILES string of the molecule is CCOC(=O)c1ccc(N2C(=O)CC(N(CC3CCCO3)C(=O)c3ccco3)C2=O)cc1. The first kappa shape index (κ1) is 21.8. The Bertz CT molecular complexity index is 994. The van der Waals surface area contributed by atoms with Gasteiger partial charge in [0.25, 0.3) is 11.8 Å². The second-order valence-electron chi connectivity index (χ2n) is 7.62. The van der Waals surface area contributed by atoms with E-state index in [1.54, 1.807) is 13.0 Å².